The lowest BCUT2D eigenvalue weighted by Crippen LogP contribution is -2.08. The van der Waals surface area contributed by atoms with Gasteiger partial charge in [-0.2, -0.15) is 13.5 Å². The summed E-state index contributed by atoms with van der Waals surface area (Å²) in [4.78, 5) is 12.3. The molecule has 0 aliphatic rings. The van der Waals surface area contributed by atoms with Crippen LogP contribution in [0, 0.1) is 0 Å². The quantitative estimate of drug-likeness (QED) is 0.182. The number of azo groups is 1. The molecule has 32 heavy (non-hydrogen) atoms. The maximum Gasteiger partial charge on any atom is 0.343 e. The van der Waals surface area contributed by atoms with Gasteiger partial charge in [-0.25, -0.2) is 4.79 Å². The first-order chi connectivity index (χ1) is 15.3. The van der Waals surface area contributed by atoms with Crippen molar-refractivity contribution in [3.63, 3.8) is 0 Å². The number of phenolic OH excluding ortho intramolecular Hbond substituents is 1. The summed E-state index contributed by atoms with van der Waals surface area (Å²) in [5, 5.41) is 19.6. The molecule has 2 N–H and O–H groups in total. The molecule has 4 rings (SSSR count). The van der Waals surface area contributed by atoms with Gasteiger partial charge >= 0.3 is 5.97 Å². The van der Waals surface area contributed by atoms with Crippen LogP contribution in [0.2, 0.25) is 0 Å². The lowest BCUT2D eigenvalue weighted by Gasteiger charge is -2.11. The number of fused-ring (bicyclic) bond motifs is 1. The van der Waals surface area contributed by atoms with E-state index in [0.717, 1.165) is 0 Å². The largest absolute Gasteiger partial charge is 0.505 e. The molecule has 0 unspecified atom stereocenters. The smallest absolute Gasteiger partial charge is 0.343 e. The van der Waals surface area contributed by atoms with Gasteiger partial charge in [-0.1, -0.05) is 42.5 Å². The van der Waals surface area contributed by atoms with E-state index in [4.69, 9.17) is 9.29 Å². The molecule has 4 aromatic carbocycles. The standard InChI is InChI=1S/C23H16N2O6S/c26-22-19-9-5-4-8-18(19)21(31-23(27)15-6-2-1-3-7-15)14-20(22)25-24-16-10-12-17(13-11-16)32(28,29)30/h1-14,26H,(H,28,29,30). The summed E-state index contributed by atoms with van der Waals surface area (Å²) >= 11 is 0. The molecule has 8 nitrogen and oxygen atoms in total. The summed E-state index contributed by atoms with van der Waals surface area (Å²) in [6.07, 6.45) is 0. The fraction of sp³-hybridized carbons (Fsp3) is 0. The Hall–Kier alpha value is -4.08. The molecular formula is C23H16N2O6S. The number of ether oxygens (including phenoxy) is 1. The van der Waals surface area contributed by atoms with Crippen LogP contribution in [-0.2, 0) is 10.1 Å². The number of carbonyl (C=O) groups excluding carboxylic acids is 1. The minimum atomic E-state index is -4.32. The Labute approximate surface area is 183 Å². The zero-order valence-corrected chi connectivity index (χ0v) is 17.2. The van der Waals surface area contributed by atoms with Crippen molar-refractivity contribution in [2.75, 3.05) is 0 Å². The second-order valence-electron chi connectivity index (χ2n) is 6.71. The van der Waals surface area contributed by atoms with Crippen molar-refractivity contribution in [3.05, 3.63) is 90.5 Å². The van der Waals surface area contributed by atoms with Gasteiger partial charge < -0.3 is 9.84 Å². The van der Waals surface area contributed by atoms with Gasteiger partial charge in [-0.3, -0.25) is 4.55 Å². The number of nitrogens with zero attached hydrogens (tertiary/aromatic N) is 2. The second-order valence-corrected chi connectivity index (χ2v) is 8.13. The summed E-state index contributed by atoms with van der Waals surface area (Å²) in [6, 6.07) is 21.8. The summed E-state index contributed by atoms with van der Waals surface area (Å²) in [7, 11) is -4.32. The third kappa shape index (κ3) is 4.48. The van der Waals surface area contributed by atoms with Gasteiger partial charge in [0.15, 0.2) is 5.75 Å². The first-order valence-electron chi connectivity index (χ1n) is 9.34. The fourth-order valence-electron chi connectivity index (χ4n) is 3.00. The molecule has 0 heterocycles. The average molecular weight is 448 g/mol. The van der Waals surface area contributed by atoms with Crippen LogP contribution in [0.1, 0.15) is 10.4 Å². The van der Waals surface area contributed by atoms with Crippen LogP contribution in [0.5, 0.6) is 11.5 Å². The van der Waals surface area contributed by atoms with Crippen LogP contribution in [0.25, 0.3) is 10.8 Å². The second kappa shape index (κ2) is 8.58. The molecule has 0 atom stereocenters. The highest BCUT2D eigenvalue weighted by molar-refractivity contribution is 7.85. The summed E-state index contributed by atoms with van der Waals surface area (Å²) in [5.41, 5.74) is 0.706. The SMILES string of the molecule is O=C(Oc1cc(N=Nc2ccc(S(=O)(=O)O)cc2)c(O)c2ccccc12)c1ccccc1. The third-order valence-electron chi connectivity index (χ3n) is 4.58. The highest BCUT2D eigenvalue weighted by Crippen LogP contribution is 2.41. The number of hydrogen-bond donors (Lipinski definition) is 2. The number of hydrogen-bond acceptors (Lipinski definition) is 7. The minimum absolute atomic E-state index is 0.0541. The van der Waals surface area contributed by atoms with Gasteiger partial charge in [0, 0.05) is 16.8 Å². The van der Waals surface area contributed by atoms with Gasteiger partial charge in [-0.05, 0) is 36.4 Å². The monoisotopic (exact) mass is 448 g/mol. The van der Waals surface area contributed by atoms with E-state index in [0.29, 0.717) is 16.3 Å². The number of esters is 1. The fourth-order valence-corrected chi connectivity index (χ4v) is 3.48. The van der Waals surface area contributed by atoms with E-state index >= 15 is 0 Å². The minimum Gasteiger partial charge on any atom is -0.505 e. The van der Waals surface area contributed by atoms with E-state index in [1.54, 1.807) is 54.6 Å². The molecule has 0 aliphatic heterocycles. The van der Waals surface area contributed by atoms with Crippen molar-refractivity contribution in [2.24, 2.45) is 10.2 Å². The number of aromatic hydroxyl groups is 1. The molecule has 0 spiro atoms. The van der Waals surface area contributed by atoms with Crippen molar-refractivity contribution in [2.45, 2.75) is 4.90 Å². The summed E-state index contributed by atoms with van der Waals surface area (Å²) in [5.74, 6) is -0.522. The van der Waals surface area contributed by atoms with Crippen LogP contribution in [-0.4, -0.2) is 24.0 Å². The zero-order valence-electron chi connectivity index (χ0n) is 16.4. The normalized spacial score (nSPS) is 11.7. The Kier molecular flexibility index (Phi) is 5.67. The molecule has 9 heteroatoms. The number of carbonyl (C=O) groups is 1. The molecule has 0 fully saturated rings. The third-order valence-corrected chi connectivity index (χ3v) is 5.45. The lowest BCUT2D eigenvalue weighted by atomic mass is 10.1. The molecule has 0 radical (unpaired) electrons. The summed E-state index contributed by atoms with van der Waals surface area (Å²) < 4.78 is 36.9. The van der Waals surface area contributed by atoms with Crippen LogP contribution in [0.3, 0.4) is 0 Å². The highest BCUT2D eigenvalue weighted by atomic mass is 32.2. The highest BCUT2D eigenvalue weighted by Gasteiger charge is 2.16. The van der Waals surface area contributed by atoms with Crippen molar-refractivity contribution in [1.82, 2.24) is 0 Å². The molecule has 0 aromatic heterocycles. The van der Waals surface area contributed by atoms with Crippen LogP contribution in [0.15, 0.2) is 100 Å². The zero-order chi connectivity index (χ0) is 22.7. The number of rotatable bonds is 5. The summed E-state index contributed by atoms with van der Waals surface area (Å²) in [6.45, 7) is 0. The molecule has 160 valence electrons. The van der Waals surface area contributed by atoms with E-state index in [9.17, 15) is 18.3 Å². The first kappa shape index (κ1) is 21.2. The molecule has 4 aromatic rings. The Balaban J connectivity index is 1.71. The topological polar surface area (TPSA) is 126 Å². The van der Waals surface area contributed by atoms with Crippen LogP contribution < -0.4 is 4.74 Å². The van der Waals surface area contributed by atoms with Gasteiger partial charge in [0.05, 0.1) is 16.1 Å². The molecular weight excluding hydrogens is 432 g/mol. The molecule has 0 bridgehead atoms. The maximum absolute atomic E-state index is 12.5. The predicted octanol–water partition coefficient (Wildman–Crippen LogP) is 5.43. The van der Waals surface area contributed by atoms with Gasteiger partial charge in [0.25, 0.3) is 10.1 Å². The van der Waals surface area contributed by atoms with Crippen LogP contribution in [0.4, 0.5) is 11.4 Å². The van der Waals surface area contributed by atoms with Gasteiger partial charge in [0.1, 0.15) is 11.4 Å². The van der Waals surface area contributed by atoms with E-state index in [2.05, 4.69) is 10.2 Å². The number of benzene rings is 4. The van der Waals surface area contributed by atoms with Crippen molar-refractivity contribution in [3.8, 4) is 11.5 Å². The first-order valence-corrected chi connectivity index (χ1v) is 10.8. The Bertz CT molecular complexity index is 1430. The lowest BCUT2D eigenvalue weighted by molar-refractivity contribution is 0.0737. The average Bonchev–Trinajstić information content (AvgIpc) is 2.80. The van der Waals surface area contributed by atoms with Gasteiger partial charge in [-0.15, -0.1) is 5.11 Å². The molecule has 0 aliphatic carbocycles. The van der Waals surface area contributed by atoms with Crippen molar-refractivity contribution < 1.29 is 27.6 Å². The van der Waals surface area contributed by atoms with E-state index in [1.165, 1.54) is 30.3 Å². The molecule has 0 saturated heterocycles. The predicted molar refractivity (Wildman–Crippen MR) is 117 cm³/mol. The molecule has 0 amide bonds. The molecule has 0 saturated carbocycles. The van der Waals surface area contributed by atoms with Crippen LogP contribution >= 0.6 is 0 Å². The Morgan fingerprint density at radius 3 is 2.09 bits per heavy atom. The Morgan fingerprint density at radius 2 is 1.44 bits per heavy atom. The Morgan fingerprint density at radius 1 is 0.812 bits per heavy atom. The van der Waals surface area contributed by atoms with E-state index in [1.807, 2.05) is 0 Å². The maximum atomic E-state index is 12.5. The van der Waals surface area contributed by atoms with Gasteiger partial charge in [0.2, 0.25) is 0 Å². The number of phenols is 1. The van der Waals surface area contributed by atoms with Crippen molar-refractivity contribution >= 4 is 38.2 Å². The van der Waals surface area contributed by atoms with E-state index < -0.39 is 16.1 Å². The van der Waals surface area contributed by atoms with Crippen molar-refractivity contribution in [1.29, 1.82) is 0 Å². The van der Waals surface area contributed by atoms with E-state index in [-0.39, 0.29) is 27.8 Å².